The molecule has 3 aliphatic heterocycles. The van der Waals surface area contributed by atoms with Crippen molar-refractivity contribution in [3.63, 3.8) is 0 Å². The number of amides is 3. The number of aliphatic hydroxyl groups is 1. The molecular formula is C62H71F2N9O6. The normalized spacial score (nSPS) is 20.9. The van der Waals surface area contributed by atoms with Gasteiger partial charge in [-0.25, -0.2) is 28.3 Å². The topological polar surface area (TPSA) is 181 Å². The number of aromatic amines is 2. The van der Waals surface area contributed by atoms with Gasteiger partial charge in [0.05, 0.1) is 54.4 Å². The zero-order valence-corrected chi connectivity index (χ0v) is 45.3. The number of ether oxygens (including phenoxy) is 2. The summed E-state index contributed by atoms with van der Waals surface area (Å²) in [7, 11) is 2.63. The van der Waals surface area contributed by atoms with Gasteiger partial charge in [-0.2, -0.15) is 0 Å². The number of hydrogen-bond acceptors (Lipinski definition) is 10. The van der Waals surface area contributed by atoms with Crippen molar-refractivity contribution in [2.45, 2.75) is 127 Å². The smallest absolute Gasteiger partial charge is 0.407 e. The molecule has 0 spiro atoms. The largest absolute Gasteiger partial charge is 0.453 e. The number of hydrogen-bond donors (Lipinski definition) is 5. The summed E-state index contributed by atoms with van der Waals surface area (Å²) in [5.41, 5.74) is 6.89. The van der Waals surface area contributed by atoms with Crippen LogP contribution in [0.3, 0.4) is 0 Å². The molecule has 5 atom stereocenters. The van der Waals surface area contributed by atoms with Gasteiger partial charge in [0.15, 0.2) is 0 Å². The van der Waals surface area contributed by atoms with Crippen molar-refractivity contribution in [2.75, 3.05) is 45.3 Å². The lowest BCUT2D eigenvalue weighted by Crippen LogP contribution is -2.54. The van der Waals surface area contributed by atoms with Crippen LogP contribution in [0, 0.1) is 29.4 Å². The highest BCUT2D eigenvalue weighted by molar-refractivity contribution is 6.08. The molecule has 414 valence electrons. The molecule has 3 saturated heterocycles. The number of carbonyl (C=O) groups is 3. The Bertz CT molecular complexity index is 3420. The summed E-state index contributed by atoms with van der Waals surface area (Å²) in [5.74, 6) is 0.855. The summed E-state index contributed by atoms with van der Waals surface area (Å²) >= 11 is 0. The Labute approximate surface area is 458 Å². The van der Waals surface area contributed by atoms with E-state index in [1.54, 1.807) is 17.0 Å². The van der Waals surface area contributed by atoms with E-state index in [-0.39, 0.29) is 23.8 Å². The summed E-state index contributed by atoms with van der Waals surface area (Å²) in [6, 6.07) is 22.9. The minimum atomic E-state index is -0.982. The molecule has 79 heavy (non-hydrogen) atoms. The average molecular weight is 1080 g/mol. The number of halogens is 2. The zero-order chi connectivity index (χ0) is 54.5. The summed E-state index contributed by atoms with van der Waals surface area (Å²) in [6.07, 6.45) is 10.5. The van der Waals surface area contributed by atoms with E-state index < -0.39 is 48.2 Å². The summed E-state index contributed by atoms with van der Waals surface area (Å²) in [6.45, 7) is 5.31. The fraction of sp³-hybridized carbons (Fsp3) is 0.468. The number of likely N-dealkylation sites (tertiary alicyclic amines) is 2. The molecule has 5 aliphatic rings. The van der Waals surface area contributed by atoms with Crippen LogP contribution in [0.1, 0.15) is 121 Å². The Hall–Kier alpha value is -7.11. The van der Waals surface area contributed by atoms with E-state index in [1.165, 1.54) is 26.4 Å². The Kier molecular flexibility index (Phi) is 14.8. The number of nitrogens with zero attached hydrogens (tertiary/aromatic N) is 5. The van der Waals surface area contributed by atoms with Crippen LogP contribution >= 0.6 is 0 Å². The van der Waals surface area contributed by atoms with Gasteiger partial charge in [-0.05, 0) is 151 Å². The van der Waals surface area contributed by atoms with Crippen molar-refractivity contribution in [1.82, 2.24) is 40.4 Å². The highest BCUT2D eigenvalue weighted by Crippen LogP contribution is 2.44. The number of aromatic nitrogens is 4. The fourth-order valence-electron chi connectivity index (χ4n) is 13.9. The molecule has 17 heteroatoms. The van der Waals surface area contributed by atoms with Gasteiger partial charge in [0.2, 0.25) is 5.91 Å². The first-order valence-electron chi connectivity index (χ1n) is 28.7. The molecule has 2 aromatic heterocycles. The van der Waals surface area contributed by atoms with Gasteiger partial charge >= 0.3 is 12.2 Å². The maximum Gasteiger partial charge on any atom is 0.407 e. The van der Waals surface area contributed by atoms with Gasteiger partial charge in [0.25, 0.3) is 0 Å². The Morgan fingerprint density at radius 3 is 1.91 bits per heavy atom. The van der Waals surface area contributed by atoms with E-state index in [1.807, 2.05) is 29.2 Å². The molecule has 12 rings (SSSR count). The summed E-state index contributed by atoms with van der Waals surface area (Å²) < 4.78 is 44.2. The third kappa shape index (κ3) is 10.3. The predicted octanol–water partition coefficient (Wildman–Crippen LogP) is 12.1. The molecule has 3 amide bonds. The lowest BCUT2D eigenvalue weighted by atomic mass is 9.88. The number of imidazole rings is 2. The Morgan fingerprint density at radius 2 is 1.23 bits per heavy atom. The number of carbonyl (C=O) groups excluding carboxylic acids is 3. The lowest BCUT2D eigenvalue weighted by Gasteiger charge is -2.36. The van der Waals surface area contributed by atoms with Gasteiger partial charge in [-0.1, -0.05) is 62.9 Å². The van der Waals surface area contributed by atoms with Crippen LogP contribution in [-0.4, -0.2) is 112 Å². The highest BCUT2D eigenvalue weighted by Gasteiger charge is 2.43. The van der Waals surface area contributed by atoms with Crippen LogP contribution < -0.4 is 15.5 Å². The molecule has 0 radical (unpaired) electrons. The third-order valence-corrected chi connectivity index (χ3v) is 18.2. The van der Waals surface area contributed by atoms with E-state index >= 15 is 8.78 Å². The minimum absolute atomic E-state index is 0.00773. The number of anilines is 1. The van der Waals surface area contributed by atoms with Crippen molar-refractivity contribution in [3.05, 3.63) is 102 Å². The average Bonchev–Trinajstić information content (AvgIpc) is 4.45. The Balaban J connectivity index is 0.926. The van der Waals surface area contributed by atoms with Crippen molar-refractivity contribution >= 4 is 56.6 Å². The summed E-state index contributed by atoms with van der Waals surface area (Å²) in [4.78, 5) is 62.6. The van der Waals surface area contributed by atoms with E-state index in [4.69, 9.17) is 19.4 Å². The number of nitrogens with one attached hydrogen (secondary N) is 4. The number of aliphatic hydroxyl groups excluding tert-OH is 1. The standard InChI is InChI=1S/C62H71F2N9O6/c1-35-22-26-71(27-23-35)40-17-8-16-38(28-40)39-29-43-41(44(30-39)46-32-50-52(34-48(46)64)68-58(66-50)54-21-11-25-73(54)60(75)56(70-62(77)79-3)37-14-6-7-15-37)18-9-19-42(43)45-31-49-51(33-47(45)63)67-57(65-49)53-20-10-24-72(53)59(74)55(69-61(76)78-2)36-12-4-5-13-36/h8-9,16-19,28-37,53-56,59,74H,4-7,10-15,20-27H2,1-3H3,(H,65,67)(H,66,68)(H,69,76)(H,70,77). The van der Waals surface area contributed by atoms with Gasteiger partial charge in [-0.15, -0.1) is 0 Å². The molecule has 15 nitrogen and oxygen atoms in total. The van der Waals surface area contributed by atoms with Crippen LogP contribution in [0.5, 0.6) is 0 Å². The number of methoxy groups -OCH3 is 2. The number of fused-ring (bicyclic) bond motifs is 3. The van der Waals surface area contributed by atoms with Crippen LogP contribution in [0.2, 0.25) is 0 Å². The van der Waals surface area contributed by atoms with Crippen LogP contribution in [0.15, 0.2) is 78.9 Å². The van der Waals surface area contributed by atoms with Crippen molar-refractivity contribution in [1.29, 1.82) is 0 Å². The lowest BCUT2D eigenvalue weighted by molar-refractivity contribution is -0.135. The second-order valence-corrected chi connectivity index (χ2v) is 23.0. The van der Waals surface area contributed by atoms with E-state index in [2.05, 4.69) is 62.8 Å². The molecule has 5 fully saturated rings. The SMILES string of the molecule is COC(=O)NC(C(=O)N1CCCC1c1nc2cc(-c3cc(-c4cccc(N5CCC(C)CC5)c4)cc4c(-c5cc6nc(C7CCCN7C(O)C(NC(=O)OC)C7CCCC7)[nH]c6cc5F)cccc34)c(F)cc2[nH]1)C1CCCC1. The van der Waals surface area contributed by atoms with Crippen molar-refractivity contribution in [3.8, 4) is 33.4 Å². The molecule has 5 N–H and O–H groups in total. The van der Waals surface area contributed by atoms with Gasteiger partial charge < -0.3 is 45.0 Å². The van der Waals surface area contributed by atoms with Crippen LogP contribution in [0.25, 0.3) is 66.2 Å². The predicted molar refractivity (Wildman–Crippen MR) is 301 cm³/mol. The van der Waals surface area contributed by atoms with Gasteiger partial charge in [0.1, 0.15) is 35.6 Å². The first kappa shape index (κ1) is 52.6. The van der Waals surface area contributed by atoms with Crippen molar-refractivity contribution < 1.29 is 37.7 Å². The molecule has 7 aromatic rings. The molecule has 5 heterocycles. The zero-order valence-electron chi connectivity index (χ0n) is 45.3. The second kappa shape index (κ2) is 22.2. The van der Waals surface area contributed by atoms with Crippen LogP contribution in [-0.2, 0) is 14.3 Å². The minimum Gasteiger partial charge on any atom is -0.453 e. The molecule has 5 aromatic carbocycles. The third-order valence-electron chi connectivity index (χ3n) is 18.2. The van der Waals surface area contributed by atoms with Gasteiger partial charge in [-0.3, -0.25) is 9.69 Å². The van der Waals surface area contributed by atoms with Crippen molar-refractivity contribution in [2.24, 2.45) is 17.8 Å². The molecule has 5 unspecified atom stereocenters. The number of alkyl carbamates (subject to hydrolysis) is 2. The fourth-order valence-corrected chi connectivity index (χ4v) is 13.9. The van der Waals surface area contributed by atoms with Crippen LogP contribution in [0.4, 0.5) is 24.1 Å². The first-order chi connectivity index (χ1) is 38.4. The van der Waals surface area contributed by atoms with Gasteiger partial charge in [0, 0.05) is 55.1 Å². The second-order valence-electron chi connectivity index (χ2n) is 23.0. The number of piperidine rings is 1. The quantitative estimate of drug-likeness (QED) is 0.0746. The Morgan fingerprint density at radius 1 is 0.620 bits per heavy atom. The monoisotopic (exact) mass is 1080 g/mol. The number of benzene rings is 5. The molecule has 0 bridgehead atoms. The summed E-state index contributed by atoms with van der Waals surface area (Å²) in [5, 5.41) is 19.2. The van der Waals surface area contributed by atoms with E-state index in [9.17, 15) is 19.5 Å². The van der Waals surface area contributed by atoms with E-state index in [0.717, 1.165) is 118 Å². The number of rotatable bonds is 13. The van der Waals surface area contributed by atoms with E-state index in [0.29, 0.717) is 87.8 Å². The number of H-pyrrole nitrogens is 2. The highest BCUT2D eigenvalue weighted by atomic mass is 19.1. The molecular weight excluding hydrogens is 1000 g/mol. The molecule has 2 aliphatic carbocycles. The first-order valence-corrected chi connectivity index (χ1v) is 28.7. The molecule has 2 saturated carbocycles. The maximum atomic E-state index is 17.2. The maximum absolute atomic E-state index is 17.2.